The first kappa shape index (κ1) is 26.9. The van der Waals surface area contributed by atoms with Gasteiger partial charge in [0.05, 0.1) is 6.21 Å². The number of nitrogens with one attached hydrogen (secondary N) is 4. The summed E-state index contributed by atoms with van der Waals surface area (Å²) in [6, 6.07) is 3.80. The molecule has 3 amide bonds. The zero-order valence-electron chi connectivity index (χ0n) is 18.9. The van der Waals surface area contributed by atoms with E-state index in [1.54, 1.807) is 13.8 Å². The Bertz CT molecular complexity index is 796. The summed E-state index contributed by atoms with van der Waals surface area (Å²) in [7, 11) is 0. The molecular formula is C23H33FN4O4. The van der Waals surface area contributed by atoms with Crippen LogP contribution in [0.3, 0.4) is 0 Å². The van der Waals surface area contributed by atoms with Gasteiger partial charge in [-0.3, -0.25) is 19.2 Å². The highest BCUT2D eigenvalue weighted by atomic mass is 19.1. The number of hydrogen-bond acceptors (Lipinski definition) is 5. The first-order chi connectivity index (χ1) is 15.2. The molecule has 0 aliphatic heterocycles. The van der Waals surface area contributed by atoms with Crippen LogP contribution in [0, 0.1) is 17.1 Å². The highest BCUT2D eigenvalue weighted by molar-refractivity contribution is 6.26. The summed E-state index contributed by atoms with van der Waals surface area (Å²) in [4.78, 5) is 49.3. The van der Waals surface area contributed by atoms with E-state index >= 15 is 0 Å². The molecule has 0 saturated carbocycles. The normalized spacial score (nSPS) is 12.5. The summed E-state index contributed by atoms with van der Waals surface area (Å²) in [6.07, 6.45) is 2.55. The molecule has 1 rings (SSSR count). The third kappa shape index (κ3) is 9.80. The quantitative estimate of drug-likeness (QED) is 0.325. The lowest BCUT2D eigenvalue weighted by atomic mass is 10.0. The van der Waals surface area contributed by atoms with Crippen molar-refractivity contribution in [1.29, 1.82) is 5.41 Å². The first-order valence-electron chi connectivity index (χ1n) is 10.8. The molecule has 0 saturated heterocycles. The maximum absolute atomic E-state index is 13.1. The third-order valence-corrected chi connectivity index (χ3v) is 4.86. The van der Waals surface area contributed by atoms with E-state index in [9.17, 15) is 23.6 Å². The minimum Gasteiger partial charge on any atom is -0.350 e. The highest BCUT2D eigenvalue weighted by Gasteiger charge is 2.27. The standard InChI is InChI=1S/C23H33FN4O4/c1-4-5-6-19(27-21(30)15(2)3)23(32)28-20(12-11-18(29)13-25)22(31)26-14-16-7-9-17(24)10-8-16/h7-10,13,15,19-20,25H,4-6,11-12,14H2,1-3H3,(H,26,31)(H,27,30)(H,28,32)/t19-,20-/m0/s1. The van der Waals surface area contributed by atoms with Gasteiger partial charge in [-0.1, -0.05) is 45.7 Å². The first-order valence-corrected chi connectivity index (χ1v) is 10.8. The molecule has 0 aromatic heterocycles. The lowest BCUT2D eigenvalue weighted by Gasteiger charge is -2.23. The molecule has 0 spiro atoms. The SMILES string of the molecule is CCCC[C@H](NC(=O)C(C)C)C(=O)N[C@@H](CCC(=O)C=N)C(=O)NCc1ccc(F)cc1. The van der Waals surface area contributed by atoms with E-state index in [1.807, 2.05) is 6.92 Å². The van der Waals surface area contributed by atoms with Crippen molar-refractivity contribution in [3.8, 4) is 0 Å². The van der Waals surface area contributed by atoms with Crippen LogP contribution >= 0.6 is 0 Å². The Hall–Kier alpha value is -3.10. The van der Waals surface area contributed by atoms with Crippen LogP contribution in [0.15, 0.2) is 24.3 Å². The van der Waals surface area contributed by atoms with Crippen molar-refractivity contribution in [2.45, 2.75) is 71.5 Å². The van der Waals surface area contributed by atoms with Crippen LogP contribution in [-0.4, -0.2) is 41.8 Å². The minimum atomic E-state index is -1.02. The molecule has 0 aliphatic rings. The van der Waals surface area contributed by atoms with E-state index in [4.69, 9.17) is 5.41 Å². The van der Waals surface area contributed by atoms with Gasteiger partial charge < -0.3 is 21.4 Å². The summed E-state index contributed by atoms with van der Waals surface area (Å²) in [5, 5.41) is 15.1. The van der Waals surface area contributed by atoms with Gasteiger partial charge in [0.2, 0.25) is 17.7 Å². The monoisotopic (exact) mass is 448 g/mol. The van der Waals surface area contributed by atoms with Crippen molar-refractivity contribution >= 4 is 29.7 Å². The van der Waals surface area contributed by atoms with E-state index in [-0.39, 0.29) is 31.2 Å². The van der Waals surface area contributed by atoms with Gasteiger partial charge in [0.15, 0.2) is 5.78 Å². The number of Topliss-reactive ketones (excluding diaryl/α,β-unsaturated/α-hetero) is 1. The molecule has 0 aliphatic carbocycles. The van der Waals surface area contributed by atoms with Gasteiger partial charge in [-0.2, -0.15) is 0 Å². The van der Waals surface area contributed by atoms with Gasteiger partial charge in [-0.05, 0) is 30.5 Å². The van der Waals surface area contributed by atoms with Crippen molar-refractivity contribution in [2.24, 2.45) is 5.92 Å². The second-order valence-electron chi connectivity index (χ2n) is 7.91. The van der Waals surface area contributed by atoms with Gasteiger partial charge in [0, 0.05) is 18.9 Å². The van der Waals surface area contributed by atoms with Gasteiger partial charge in [-0.15, -0.1) is 0 Å². The van der Waals surface area contributed by atoms with Crippen molar-refractivity contribution in [2.75, 3.05) is 0 Å². The Morgan fingerprint density at radius 3 is 2.12 bits per heavy atom. The van der Waals surface area contributed by atoms with E-state index in [2.05, 4.69) is 16.0 Å². The predicted octanol–water partition coefficient (Wildman–Crippen LogP) is 2.26. The van der Waals surface area contributed by atoms with Crippen LogP contribution < -0.4 is 16.0 Å². The fourth-order valence-corrected chi connectivity index (χ4v) is 2.83. The van der Waals surface area contributed by atoms with Crippen LogP contribution in [0.25, 0.3) is 0 Å². The second kappa shape index (κ2) is 14.1. The van der Waals surface area contributed by atoms with Crippen molar-refractivity contribution in [3.63, 3.8) is 0 Å². The molecule has 1 aromatic carbocycles. The third-order valence-electron chi connectivity index (χ3n) is 4.86. The van der Waals surface area contributed by atoms with Crippen molar-refractivity contribution in [3.05, 3.63) is 35.6 Å². The molecule has 0 unspecified atom stereocenters. The average Bonchev–Trinajstić information content (AvgIpc) is 2.77. The van der Waals surface area contributed by atoms with Crippen molar-refractivity contribution in [1.82, 2.24) is 16.0 Å². The summed E-state index contributed by atoms with van der Waals surface area (Å²) in [5.41, 5.74) is 0.672. The summed E-state index contributed by atoms with van der Waals surface area (Å²) >= 11 is 0. The number of halogens is 1. The number of amides is 3. The summed E-state index contributed by atoms with van der Waals surface area (Å²) in [6.45, 7) is 5.53. The minimum absolute atomic E-state index is 0.00777. The van der Waals surface area contributed by atoms with Crippen LogP contribution in [0.1, 0.15) is 58.4 Å². The summed E-state index contributed by atoms with van der Waals surface area (Å²) in [5.74, 6) is -2.44. The topological polar surface area (TPSA) is 128 Å². The van der Waals surface area contributed by atoms with Crippen LogP contribution in [0.5, 0.6) is 0 Å². The maximum atomic E-state index is 13.1. The second-order valence-corrected chi connectivity index (χ2v) is 7.91. The zero-order chi connectivity index (χ0) is 24.1. The van der Waals surface area contributed by atoms with Crippen LogP contribution in [-0.2, 0) is 25.7 Å². The van der Waals surface area contributed by atoms with Crippen LogP contribution in [0.4, 0.5) is 4.39 Å². The molecule has 2 atom stereocenters. The smallest absolute Gasteiger partial charge is 0.243 e. The van der Waals surface area contributed by atoms with Gasteiger partial charge in [0.25, 0.3) is 0 Å². The predicted molar refractivity (Wildman–Crippen MR) is 119 cm³/mol. The molecule has 0 heterocycles. The van der Waals surface area contributed by atoms with E-state index in [1.165, 1.54) is 24.3 Å². The summed E-state index contributed by atoms with van der Waals surface area (Å²) < 4.78 is 13.1. The number of unbranched alkanes of at least 4 members (excludes halogenated alkanes) is 1. The average molecular weight is 449 g/mol. The number of rotatable bonds is 14. The molecule has 176 valence electrons. The number of carbonyl (C=O) groups is 4. The molecule has 4 N–H and O–H groups in total. The molecule has 8 nitrogen and oxygen atoms in total. The zero-order valence-corrected chi connectivity index (χ0v) is 18.9. The molecule has 1 aromatic rings. The number of benzene rings is 1. The Balaban J connectivity index is 2.88. The molecule has 0 fully saturated rings. The molecule has 32 heavy (non-hydrogen) atoms. The fourth-order valence-electron chi connectivity index (χ4n) is 2.83. The van der Waals surface area contributed by atoms with Crippen LogP contribution in [0.2, 0.25) is 0 Å². The molecule has 9 heteroatoms. The lowest BCUT2D eigenvalue weighted by molar-refractivity contribution is -0.133. The number of hydrogen-bond donors (Lipinski definition) is 4. The number of carbonyl (C=O) groups excluding carboxylic acids is 4. The maximum Gasteiger partial charge on any atom is 0.243 e. The largest absolute Gasteiger partial charge is 0.350 e. The lowest BCUT2D eigenvalue weighted by Crippen LogP contribution is -2.54. The Morgan fingerprint density at radius 1 is 0.969 bits per heavy atom. The van der Waals surface area contributed by atoms with E-state index in [0.717, 1.165) is 6.42 Å². The molecular weight excluding hydrogens is 415 g/mol. The van der Waals surface area contributed by atoms with Gasteiger partial charge >= 0.3 is 0 Å². The van der Waals surface area contributed by atoms with Gasteiger partial charge in [0.1, 0.15) is 17.9 Å². The van der Waals surface area contributed by atoms with E-state index in [0.29, 0.717) is 24.6 Å². The fraction of sp³-hybridized carbons (Fsp3) is 0.522. The Kier molecular flexibility index (Phi) is 11.8. The number of ketones is 1. The Labute approximate surface area is 188 Å². The highest BCUT2D eigenvalue weighted by Crippen LogP contribution is 2.07. The molecule has 0 bridgehead atoms. The van der Waals surface area contributed by atoms with E-state index < -0.39 is 35.5 Å². The van der Waals surface area contributed by atoms with Crippen molar-refractivity contribution < 1.29 is 23.6 Å². The Morgan fingerprint density at radius 2 is 1.56 bits per heavy atom. The van der Waals surface area contributed by atoms with Gasteiger partial charge in [-0.25, -0.2) is 4.39 Å². The molecule has 0 radical (unpaired) electrons.